The Morgan fingerprint density at radius 3 is 2.67 bits per heavy atom. The van der Waals surface area contributed by atoms with Gasteiger partial charge in [-0.3, -0.25) is 4.79 Å². The number of piperazine rings is 1. The third-order valence-corrected chi connectivity index (χ3v) is 3.32. The molecule has 2 aliphatic heterocycles. The molecule has 0 aromatic carbocycles. The molecule has 3 amide bonds. The van der Waals surface area contributed by atoms with Gasteiger partial charge in [-0.15, -0.1) is 0 Å². The lowest BCUT2D eigenvalue weighted by Crippen LogP contribution is -2.62. The van der Waals surface area contributed by atoms with Crippen molar-refractivity contribution in [1.29, 1.82) is 0 Å². The van der Waals surface area contributed by atoms with Crippen molar-refractivity contribution in [1.82, 2.24) is 20.4 Å². The zero-order chi connectivity index (χ0) is 13.0. The van der Waals surface area contributed by atoms with Gasteiger partial charge >= 0.3 is 6.03 Å². The summed E-state index contributed by atoms with van der Waals surface area (Å²) in [5.41, 5.74) is 0. The zero-order valence-corrected chi connectivity index (χ0v) is 10.6. The minimum atomic E-state index is -0.418. The van der Waals surface area contributed by atoms with E-state index in [0.717, 1.165) is 6.54 Å². The topological polar surface area (TPSA) is 73.9 Å². The summed E-state index contributed by atoms with van der Waals surface area (Å²) in [7, 11) is 1.59. The molecular weight excluding hydrogens is 236 g/mol. The molecule has 0 aromatic rings. The van der Waals surface area contributed by atoms with Crippen molar-refractivity contribution in [3.8, 4) is 0 Å². The zero-order valence-electron chi connectivity index (χ0n) is 10.6. The molecule has 2 saturated heterocycles. The molecule has 2 aliphatic rings. The molecule has 0 aliphatic carbocycles. The summed E-state index contributed by atoms with van der Waals surface area (Å²) in [6.45, 7) is 4.14. The van der Waals surface area contributed by atoms with Crippen molar-refractivity contribution < 1.29 is 14.3 Å². The molecule has 1 atom stereocenters. The standard InChI is InChI=1S/C11H20N4O3/c1-12-10(16)9-8-13-2-3-15(9)11(17)14-4-6-18-7-5-14/h9,13H,2-8H2,1H3,(H,12,16). The van der Waals surface area contributed by atoms with Gasteiger partial charge in [0.15, 0.2) is 0 Å². The number of urea groups is 1. The Kier molecular flexibility index (Phi) is 4.38. The molecule has 0 bridgehead atoms. The fourth-order valence-corrected chi connectivity index (χ4v) is 2.27. The predicted octanol–water partition coefficient (Wildman–Crippen LogP) is -1.54. The van der Waals surface area contributed by atoms with Crippen LogP contribution >= 0.6 is 0 Å². The lowest BCUT2D eigenvalue weighted by Gasteiger charge is -2.39. The van der Waals surface area contributed by atoms with Crippen LogP contribution in [0.25, 0.3) is 0 Å². The Hall–Kier alpha value is -1.34. The van der Waals surface area contributed by atoms with Crippen LogP contribution in [0.4, 0.5) is 4.79 Å². The Labute approximate surface area is 106 Å². The van der Waals surface area contributed by atoms with Gasteiger partial charge in [-0.1, -0.05) is 0 Å². The Balaban J connectivity index is 2.03. The summed E-state index contributed by atoms with van der Waals surface area (Å²) in [5.74, 6) is -0.121. The van der Waals surface area contributed by atoms with E-state index in [0.29, 0.717) is 39.4 Å². The second-order valence-corrected chi connectivity index (χ2v) is 4.41. The molecule has 2 fully saturated rings. The maximum Gasteiger partial charge on any atom is 0.320 e. The molecule has 1 unspecified atom stereocenters. The first-order valence-electron chi connectivity index (χ1n) is 6.29. The fraction of sp³-hybridized carbons (Fsp3) is 0.818. The monoisotopic (exact) mass is 256 g/mol. The van der Waals surface area contributed by atoms with Crippen LogP contribution in [0.15, 0.2) is 0 Å². The highest BCUT2D eigenvalue weighted by Crippen LogP contribution is 2.09. The number of amides is 3. The van der Waals surface area contributed by atoms with Crippen molar-refractivity contribution in [2.24, 2.45) is 0 Å². The molecule has 2 heterocycles. The number of hydrogen-bond acceptors (Lipinski definition) is 4. The number of ether oxygens (including phenoxy) is 1. The molecule has 2 N–H and O–H groups in total. The maximum atomic E-state index is 12.4. The van der Waals surface area contributed by atoms with Gasteiger partial charge in [0.25, 0.3) is 0 Å². The summed E-state index contributed by atoms with van der Waals surface area (Å²) in [5, 5.41) is 5.75. The molecule has 7 nitrogen and oxygen atoms in total. The quantitative estimate of drug-likeness (QED) is 0.596. The Morgan fingerprint density at radius 1 is 1.28 bits per heavy atom. The lowest BCUT2D eigenvalue weighted by atomic mass is 10.2. The number of nitrogens with zero attached hydrogens (tertiary/aromatic N) is 2. The van der Waals surface area contributed by atoms with Crippen molar-refractivity contribution in [3.05, 3.63) is 0 Å². The first kappa shape index (κ1) is 13.1. The number of nitrogens with one attached hydrogen (secondary N) is 2. The van der Waals surface area contributed by atoms with Crippen LogP contribution in [0.3, 0.4) is 0 Å². The molecule has 102 valence electrons. The minimum absolute atomic E-state index is 0.0617. The second-order valence-electron chi connectivity index (χ2n) is 4.41. The fourth-order valence-electron chi connectivity index (χ4n) is 2.27. The van der Waals surface area contributed by atoms with E-state index in [9.17, 15) is 9.59 Å². The van der Waals surface area contributed by atoms with Crippen LogP contribution in [-0.4, -0.2) is 80.8 Å². The number of rotatable bonds is 1. The number of hydrogen-bond donors (Lipinski definition) is 2. The van der Waals surface area contributed by atoms with E-state index in [1.165, 1.54) is 0 Å². The second kappa shape index (κ2) is 6.01. The summed E-state index contributed by atoms with van der Waals surface area (Å²) >= 11 is 0. The van der Waals surface area contributed by atoms with Gasteiger partial charge in [-0.25, -0.2) is 4.79 Å². The van der Waals surface area contributed by atoms with Crippen LogP contribution in [-0.2, 0) is 9.53 Å². The van der Waals surface area contributed by atoms with Gasteiger partial charge < -0.3 is 25.2 Å². The summed E-state index contributed by atoms with van der Waals surface area (Å²) in [6, 6.07) is -0.479. The minimum Gasteiger partial charge on any atom is -0.378 e. The SMILES string of the molecule is CNC(=O)C1CNCCN1C(=O)N1CCOCC1. The van der Waals surface area contributed by atoms with E-state index in [1.54, 1.807) is 16.8 Å². The van der Waals surface area contributed by atoms with Crippen molar-refractivity contribution in [2.75, 3.05) is 53.0 Å². The third-order valence-electron chi connectivity index (χ3n) is 3.32. The van der Waals surface area contributed by atoms with Gasteiger partial charge in [0, 0.05) is 39.8 Å². The summed E-state index contributed by atoms with van der Waals surface area (Å²) in [4.78, 5) is 27.6. The molecule has 0 saturated carbocycles. The van der Waals surface area contributed by atoms with Gasteiger partial charge in [0.2, 0.25) is 5.91 Å². The highest BCUT2D eigenvalue weighted by atomic mass is 16.5. The van der Waals surface area contributed by atoms with Gasteiger partial charge in [-0.05, 0) is 0 Å². The summed E-state index contributed by atoms with van der Waals surface area (Å²) in [6.07, 6.45) is 0. The predicted molar refractivity (Wildman–Crippen MR) is 65.2 cm³/mol. The smallest absolute Gasteiger partial charge is 0.320 e. The molecule has 18 heavy (non-hydrogen) atoms. The molecule has 0 aromatic heterocycles. The van der Waals surface area contributed by atoms with E-state index in [-0.39, 0.29) is 11.9 Å². The molecule has 2 rings (SSSR count). The van der Waals surface area contributed by atoms with Crippen molar-refractivity contribution in [2.45, 2.75) is 6.04 Å². The normalized spacial score (nSPS) is 24.8. The average molecular weight is 256 g/mol. The molecule has 0 spiro atoms. The Bertz CT molecular complexity index is 317. The first-order chi connectivity index (χ1) is 8.74. The number of likely N-dealkylation sites (N-methyl/N-ethyl adjacent to an activating group) is 1. The van der Waals surface area contributed by atoms with E-state index >= 15 is 0 Å². The highest BCUT2D eigenvalue weighted by Gasteiger charge is 2.34. The molecular formula is C11H20N4O3. The van der Waals surface area contributed by atoms with Crippen molar-refractivity contribution in [3.63, 3.8) is 0 Å². The maximum absolute atomic E-state index is 12.4. The van der Waals surface area contributed by atoms with Crippen molar-refractivity contribution >= 4 is 11.9 Å². The summed E-state index contributed by atoms with van der Waals surface area (Å²) < 4.78 is 5.23. The Morgan fingerprint density at radius 2 is 2.00 bits per heavy atom. The van der Waals surface area contributed by atoms with Gasteiger partial charge in [-0.2, -0.15) is 0 Å². The number of morpholine rings is 1. The molecule has 7 heteroatoms. The van der Waals surface area contributed by atoms with Crippen LogP contribution in [0.2, 0.25) is 0 Å². The third kappa shape index (κ3) is 2.73. The molecule has 0 radical (unpaired) electrons. The van der Waals surface area contributed by atoms with E-state index in [4.69, 9.17) is 4.74 Å². The van der Waals surface area contributed by atoms with E-state index < -0.39 is 6.04 Å². The lowest BCUT2D eigenvalue weighted by molar-refractivity contribution is -0.125. The van der Waals surface area contributed by atoms with Crippen LogP contribution in [0, 0.1) is 0 Å². The first-order valence-corrected chi connectivity index (χ1v) is 6.29. The van der Waals surface area contributed by atoms with E-state index in [2.05, 4.69) is 10.6 Å². The van der Waals surface area contributed by atoms with E-state index in [1.807, 2.05) is 0 Å². The van der Waals surface area contributed by atoms with Crippen LogP contribution < -0.4 is 10.6 Å². The highest BCUT2D eigenvalue weighted by molar-refractivity contribution is 5.87. The van der Waals surface area contributed by atoms with Crippen LogP contribution in [0.5, 0.6) is 0 Å². The van der Waals surface area contributed by atoms with Gasteiger partial charge in [0.1, 0.15) is 6.04 Å². The van der Waals surface area contributed by atoms with Crippen LogP contribution in [0.1, 0.15) is 0 Å². The number of carbonyl (C=O) groups excluding carboxylic acids is 2. The van der Waals surface area contributed by atoms with Gasteiger partial charge in [0.05, 0.1) is 13.2 Å². The average Bonchev–Trinajstić information content (AvgIpc) is 2.46. The number of carbonyl (C=O) groups is 2. The largest absolute Gasteiger partial charge is 0.378 e.